The van der Waals surface area contributed by atoms with Gasteiger partial charge in [0.2, 0.25) is 0 Å². The zero-order valence-corrected chi connectivity index (χ0v) is 18.5. The van der Waals surface area contributed by atoms with E-state index in [9.17, 15) is 9.59 Å². The van der Waals surface area contributed by atoms with Gasteiger partial charge in [0.05, 0.1) is 22.2 Å². The number of benzene rings is 3. The molecule has 0 aliphatic rings. The zero-order valence-electron chi connectivity index (χ0n) is 16.9. The summed E-state index contributed by atoms with van der Waals surface area (Å²) in [5.74, 6) is 0.502. The number of esters is 2. The largest absolute Gasteiger partial charge is 0.493 e. The van der Waals surface area contributed by atoms with Crippen LogP contribution < -0.4 is 14.2 Å². The number of hydrogen-bond donors (Lipinski definition) is 0. The Labute approximate surface area is 188 Å². The van der Waals surface area contributed by atoms with Crippen LogP contribution in [-0.2, 0) is 4.74 Å². The van der Waals surface area contributed by atoms with Crippen LogP contribution in [0.15, 0.2) is 77.3 Å². The van der Waals surface area contributed by atoms with Crippen LogP contribution in [0, 0.1) is 0 Å². The Balaban J connectivity index is 1.55. The van der Waals surface area contributed by atoms with Crippen molar-refractivity contribution in [2.75, 3.05) is 19.8 Å². The maximum absolute atomic E-state index is 12.4. The SMILES string of the molecule is CCOc1ccc(C(=O)Oc2cccc(C(=O)OCCOc3ccccc3)c2)cc1Br. The van der Waals surface area contributed by atoms with Gasteiger partial charge < -0.3 is 18.9 Å². The van der Waals surface area contributed by atoms with Gasteiger partial charge in [-0.15, -0.1) is 0 Å². The lowest BCUT2D eigenvalue weighted by Crippen LogP contribution is -2.13. The van der Waals surface area contributed by atoms with Crippen molar-refractivity contribution in [3.8, 4) is 17.2 Å². The van der Waals surface area contributed by atoms with E-state index in [4.69, 9.17) is 18.9 Å². The molecule has 0 aliphatic heterocycles. The van der Waals surface area contributed by atoms with Gasteiger partial charge in [0, 0.05) is 0 Å². The topological polar surface area (TPSA) is 71.1 Å². The molecular formula is C24H21BrO6. The molecule has 0 saturated carbocycles. The highest BCUT2D eigenvalue weighted by Crippen LogP contribution is 2.26. The van der Waals surface area contributed by atoms with Gasteiger partial charge in [-0.05, 0) is 71.4 Å². The van der Waals surface area contributed by atoms with Crippen molar-refractivity contribution in [3.05, 3.63) is 88.4 Å². The quantitative estimate of drug-likeness (QED) is 0.233. The molecule has 0 amide bonds. The molecule has 0 radical (unpaired) electrons. The fourth-order valence-electron chi connectivity index (χ4n) is 2.65. The second-order valence-corrected chi connectivity index (χ2v) is 7.15. The fraction of sp³-hybridized carbons (Fsp3) is 0.167. The van der Waals surface area contributed by atoms with Gasteiger partial charge in [-0.1, -0.05) is 24.3 Å². The van der Waals surface area contributed by atoms with Gasteiger partial charge in [0.15, 0.2) is 0 Å². The Hall–Kier alpha value is -3.32. The van der Waals surface area contributed by atoms with Crippen LogP contribution in [0.1, 0.15) is 27.6 Å². The van der Waals surface area contributed by atoms with E-state index in [-0.39, 0.29) is 24.5 Å². The predicted molar refractivity (Wildman–Crippen MR) is 119 cm³/mol. The molecule has 0 saturated heterocycles. The molecule has 31 heavy (non-hydrogen) atoms. The van der Waals surface area contributed by atoms with Gasteiger partial charge >= 0.3 is 11.9 Å². The van der Waals surface area contributed by atoms with Crippen molar-refractivity contribution in [2.24, 2.45) is 0 Å². The first-order valence-electron chi connectivity index (χ1n) is 9.66. The third-order valence-corrected chi connectivity index (χ3v) is 4.70. The van der Waals surface area contributed by atoms with E-state index in [1.54, 1.807) is 36.4 Å². The van der Waals surface area contributed by atoms with Crippen LogP contribution >= 0.6 is 15.9 Å². The molecule has 3 aromatic carbocycles. The maximum Gasteiger partial charge on any atom is 0.343 e. The minimum atomic E-state index is -0.550. The molecule has 160 valence electrons. The molecule has 0 fully saturated rings. The number of carbonyl (C=O) groups excluding carboxylic acids is 2. The summed E-state index contributed by atoms with van der Waals surface area (Å²) >= 11 is 3.37. The minimum absolute atomic E-state index is 0.0952. The van der Waals surface area contributed by atoms with Crippen molar-refractivity contribution in [3.63, 3.8) is 0 Å². The van der Waals surface area contributed by atoms with E-state index in [0.29, 0.717) is 28.1 Å². The molecule has 0 atom stereocenters. The second-order valence-electron chi connectivity index (χ2n) is 6.29. The molecule has 0 aliphatic carbocycles. The lowest BCUT2D eigenvalue weighted by atomic mass is 10.2. The molecule has 0 heterocycles. The van der Waals surface area contributed by atoms with E-state index >= 15 is 0 Å². The highest BCUT2D eigenvalue weighted by molar-refractivity contribution is 9.10. The van der Waals surface area contributed by atoms with Gasteiger partial charge in [-0.25, -0.2) is 9.59 Å². The van der Waals surface area contributed by atoms with Crippen LogP contribution in [0.2, 0.25) is 0 Å². The molecule has 0 N–H and O–H groups in total. The van der Waals surface area contributed by atoms with Crippen molar-refractivity contribution in [1.29, 1.82) is 0 Å². The first-order chi connectivity index (χ1) is 15.1. The van der Waals surface area contributed by atoms with Crippen LogP contribution in [0.5, 0.6) is 17.2 Å². The zero-order chi connectivity index (χ0) is 22.1. The van der Waals surface area contributed by atoms with Crippen LogP contribution in [0.25, 0.3) is 0 Å². The third kappa shape index (κ3) is 6.58. The number of para-hydroxylation sites is 1. The highest BCUT2D eigenvalue weighted by Gasteiger charge is 2.14. The smallest absolute Gasteiger partial charge is 0.343 e. The Morgan fingerprint density at radius 1 is 0.774 bits per heavy atom. The summed E-state index contributed by atoms with van der Waals surface area (Å²) in [6, 6.07) is 20.4. The first kappa shape index (κ1) is 22.4. The molecule has 0 unspecified atom stereocenters. The number of halogens is 1. The Bertz CT molecular complexity index is 1040. The Morgan fingerprint density at radius 2 is 1.52 bits per heavy atom. The van der Waals surface area contributed by atoms with E-state index < -0.39 is 11.9 Å². The van der Waals surface area contributed by atoms with Crippen LogP contribution in [-0.4, -0.2) is 31.8 Å². The highest BCUT2D eigenvalue weighted by atomic mass is 79.9. The van der Waals surface area contributed by atoms with Crippen LogP contribution in [0.4, 0.5) is 0 Å². The van der Waals surface area contributed by atoms with Gasteiger partial charge in [0.25, 0.3) is 0 Å². The maximum atomic E-state index is 12.4. The van der Waals surface area contributed by atoms with E-state index in [1.165, 1.54) is 6.07 Å². The lowest BCUT2D eigenvalue weighted by Gasteiger charge is -2.10. The minimum Gasteiger partial charge on any atom is -0.493 e. The van der Waals surface area contributed by atoms with Crippen LogP contribution in [0.3, 0.4) is 0 Å². The monoisotopic (exact) mass is 484 g/mol. The van der Waals surface area contributed by atoms with Gasteiger partial charge in [-0.2, -0.15) is 0 Å². The number of ether oxygens (including phenoxy) is 4. The standard InChI is InChI=1S/C24H21BrO6/c1-2-28-22-12-11-18(16-21(22)25)24(27)31-20-10-6-7-17(15-20)23(26)30-14-13-29-19-8-4-3-5-9-19/h3-12,15-16H,2,13-14H2,1H3. The van der Waals surface area contributed by atoms with Gasteiger partial charge in [-0.3, -0.25) is 0 Å². The Morgan fingerprint density at radius 3 is 2.26 bits per heavy atom. The van der Waals surface area contributed by atoms with E-state index in [2.05, 4.69) is 15.9 Å². The molecule has 0 spiro atoms. The normalized spacial score (nSPS) is 10.3. The van der Waals surface area contributed by atoms with Crippen molar-refractivity contribution in [1.82, 2.24) is 0 Å². The summed E-state index contributed by atoms with van der Waals surface area (Å²) in [6.45, 7) is 2.72. The summed E-state index contributed by atoms with van der Waals surface area (Å²) in [5, 5.41) is 0. The summed E-state index contributed by atoms with van der Waals surface area (Å²) in [4.78, 5) is 24.7. The molecule has 3 aromatic rings. The lowest BCUT2D eigenvalue weighted by molar-refractivity contribution is 0.0449. The fourth-order valence-corrected chi connectivity index (χ4v) is 3.14. The third-order valence-electron chi connectivity index (χ3n) is 4.08. The second kappa shape index (κ2) is 11.2. The number of rotatable bonds is 9. The summed E-state index contributed by atoms with van der Waals surface area (Å²) in [6.07, 6.45) is 0. The summed E-state index contributed by atoms with van der Waals surface area (Å²) in [7, 11) is 0. The van der Waals surface area contributed by atoms with Gasteiger partial charge in [0.1, 0.15) is 30.5 Å². The molecule has 3 rings (SSSR count). The first-order valence-corrected chi connectivity index (χ1v) is 10.5. The average Bonchev–Trinajstić information content (AvgIpc) is 2.79. The Kier molecular flexibility index (Phi) is 8.06. The molecule has 7 heteroatoms. The molecular weight excluding hydrogens is 464 g/mol. The van der Waals surface area contributed by atoms with Crippen molar-refractivity contribution >= 4 is 27.9 Å². The van der Waals surface area contributed by atoms with Crippen molar-refractivity contribution < 1.29 is 28.5 Å². The predicted octanol–water partition coefficient (Wildman–Crippen LogP) is 5.30. The van der Waals surface area contributed by atoms with E-state index in [1.807, 2.05) is 37.3 Å². The molecule has 0 bridgehead atoms. The average molecular weight is 485 g/mol. The molecule has 0 aromatic heterocycles. The number of hydrogen-bond acceptors (Lipinski definition) is 6. The summed E-state index contributed by atoms with van der Waals surface area (Å²) < 4.78 is 22.2. The molecule has 6 nitrogen and oxygen atoms in total. The number of carbonyl (C=O) groups is 2. The van der Waals surface area contributed by atoms with E-state index in [0.717, 1.165) is 0 Å². The van der Waals surface area contributed by atoms with Crippen molar-refractivity contribution in [2.45, 2.75) is 6.92 Å². The summed E-state index contributed by atoms with van der Waals surface area (Å²) in [5.41, 5.74) is 0.624.